The van der Waals surface area contributed by atoms with Crippen LogP contribution in [-0.2, 0) is 9.59 Å². The molecule has 1 aliphatic rings. The van der Waals surface area contributed by atoms with Gasteiger partial charge in [0.2, 0.25) is 0 Å². The summed E-state index contributed by atoms with van der Waals surface area (Å²) in [5.74, 6) is -2.68. The van der Waals surface area contributed by atoms with Gasteiger partial charge >= 0.3 is 11.9 Å². The molecule has 1 rings (SSSR count). The number of aliphatic carboxylic acids is 2. The van der Waals surface area contributed by atoms with Gasteiger partial charge in [-0.05, 0) is 13.1 Å². The number of likely N-dealkylation sites (N-methyl/N-ethyl adjacent to an activating group) is 1. The molecule has 5 heteroatoms. The highest BCUT2D eigenvalue weighted by atomic mass is 16.4. The zero-order chi connectivity index (χ0) is 13.9. The van der Waals surface area contributed by atoms with Gasteiger partial charge in [0.05, 0.1) is 0 Å². The summed E-state index contributed by atoms with van der Waals surface area (Å²) in [6.45, 7) is 6.48. The highest BCUT2D eigenvalue weighted by Crippen LogP contribution is 2.35. The molecule has 0 spiro atoms. The fraction of sp³-hybridized carbons (Fsp3) is 0.538. The van der Waals surface area contributed by atoms with Crippen LogP contribution in [0.1, 0.15) is 20.8 Å². The SMILES string of the molecule is CCN(CC)C1(C(=O)O)C=CC=C(C(=O)O)C1C. The maximum atomic E-state index is 11.7. The summed E-state index contributed by atoms with van der Waals surface area (Å²) < 4.78 is 0. The van der Waals surface area contributed by atoms with Crippen LogP contribution in [0.4, 0.5) is 0 Å². The van der Waals surface area contributed by atoms with E-state index in [0.29, 0.717) is 13.1 Å². The van der Waals surface area contributed by atoms with Gasteiger partial charge in [-0.15, -0.1) is 0 Å². The third-order valence-electron chi connectivity index (χ3n) is 3.63. The smallest absolute Gasteiger partial charge is 0.331 e. The molecule has 0 heterocycles. The molecule has 0 aliphatic heterocycles. The molecule has 1 aliphatic carbocycles. The number of carbonyl (C=O) groups is 2. The number of hydrogen-bond acceptors (Lipinski definition) is 3. The molecule has 5 nitrogen and oxygen atoms in total. The predicted octanol–water partition coefficient (Wildman–Crippen LogP) is 1.37. The fourth-order valence-electron chi connectivity index (χ4n) is 2.60. The summed E-state index contributed by atoms with van der Waals surface area (Å²) in [5, 5.41) is 18.7. The van der Waals surface area contributed by atoms with Gasteiger partial charge < -0.3 is 10.2 Å². The largest absolute Gasteiger partial charge is 0.480 e. The van der Waals surface area contributed by atoms with E-state index < -0.39 is 23.4 Å². The zero-order valence-electron chi connectivity index (χ0n) is 10.9. The molecular weight excluding hydrogens is 234 g/mol. The van der Waals surface area contributed by atoms with E-state index in [-0.39, 0.29) is 5.57 Å². The van der Waals surface area contributed by atoms with Gasteiger partial charge in [0, 0.05) is 11.5 Å². The van der Waals surface area contributed by atoms with Crippen LogP contribution in [-0.4, -0.2) is 45.7 Å². The molecule has 0 bridgehead atoms. The first-order valence-electron chi connectivity index (χ1n) is 6.02. The van der Waals surface area contributed by atoms with Crippen molar-refractivity contribution in [2.45, 2.75) is 26.3 Å². The summed E-state index contributed by atoms with van der Waals surface area (Å²) in [6.07, 6.45) is 4.58. The van der Waals surface area contributed by atoms with Crippen LogP contribution in [0.25, 0.3) is 0 Å². The lowest BCUT2D eigenvalue weighted by Gasteiger charge is -2.43. The maximum absolute atomic E-state index is 11.7. The number of nitrogens with zero attached hydrogens (tertiary/aromatic N) is 1. The summed E-state index contributed by atoms with van der Waals surface area (Å²) in [7, 11) is 0. The second-order valence-electron chi connectivity index (χ2n) is 4.31. The van der Waals surface area contributed by atoms with Crippen molar-refractivity contribution in [3.8, 4) is 0 Å². The Balaban J connectivity index is 3.31. The Morgan fingerprint density at radius 3 is 2.28 bits per heavy atom. The van der Waals surface area contributed by atoms with Crippen molar-refractivity contribution in [3.05, 3.63) is 23.8 Å². The summed E-state index contributed by atoms with van der Waals surface area (Å²) in [6, 6.07) is 0. The monoisotopic (exact) mass is 253 g/mol. The Kier molecular flexibility index (Phi) is 4.29. The van der Waals surface area contributed by atoms with Gasteiger partial charge in [0.25, 0.3) is 0 Å². The molecule has 2 unspecified atom stereocenters. The number of rotatable bonds is 5. The van der Waals surface area contributed by atoms with Crippen molar-refractivity contribution in [3.63, 3.8) is 0 Å². The third kappa shape index (κ3) is 2.06. The lowest BCUT2D eigenvalue weighted by Crippen LogP contribution is -2.59. The lowest BCUT2D eigenvalue weighted by atomic mass is 9.75. The molecule has 0 aromatic heterocycles. The standard InChI is InChI=1S/C13H19NO4/c1-4-14(5-2)13(12(17)18)8-6-7-10(9(13)3)11(15)16/h6-9H,4-5H2,1-3H3,(H,15,16)(H,17,18). The number of carboxylic acids is 2. The molecule has 0 aromatic rings. The van der Waals surface area contributed by atoms with Crippen molar-refractivity contribution in [2.75, 3.05) is 13.1 Å². The average Bonchev–Trinajstić information content (AvgIpc) is 2.31. The highest BCUT2D eigenvalue weighted by Gasteiger charge is 2.49. The average molecular weight is 253 g/mol. The van der Waals surface area contributed by atoms with Crippen LogP contribution in [0, 0.1) is 5.92 Å². The maximum Gasteiger partial charge on any atom is 0.331 e. The van der Waals surface area contributed by atoms with Gasteiger partial charge in [-0.2, -0.15) is 0 Å². The van der Waals surface area contributed by atoms with Crippen molar-refractivity contribution >= 4 is 11.9 Å². The van der Waals surface area contributed by atoms with E-state index in [9.17, 15) is 14.7 Å². The van der Waals surface area contributed by atoms with Crippen molar-refractivity contribution in [1.82, 2.24) is 4.90 Å². The minimum Gasteiger partial charge on any atom is -0.480 e. The Hall–Kier alpha value is -1.62. The number of hydrogen-bond donors (Lipinski definition) is 2. The fourth-order valence-corrected chi connectivity index (χ4v) is 2.60. The summed E-state index contributed by atoms with van der Waals surface area (Å²) in [5.41, 5.74) is -1.14. The first-order chi connectivity index (χ1) is 8.41. The van der Waals surface area contributed by atoms with E-state index in [4.69, 9.17) is 5.11 Å². The summed E-state index contributed by atoms with van der Waals surface area (Å²) in [4.78, 5) is 24.6. The normalized spacial score (nSPS) is 27.1. The van der Waals surface area contributed by atoms with Crippen molar-refractivity contribution < 1.29 is 19.8 Å². The molecule has 0 fully saturated rings. The molecule has 0 amide bonds. The number of carboxylic acid groups (broad SMARTS) is 2. The Labute approximate surface area is 106 Å². The van der Waals surface area contributed by atoms with E-state index in [1.807, 2.05) is 13.8 Å². The van der Waals surface area contributed by atoms with Crippen LogP contribution < -0.4 is 0 Å². The van der Waals surface area contributed by atoms with Crippen LogP contribution in [0.2, 0.25) is 0 Å². The molecule has 0 aromatic carbocycles. The molecule has 2 atom stereocenters. The second-order valence-corrected chi connectivity index (χ2v) is 4.31. The Morgan fingerprint density at radius 2 is 1.89 bits per heavy atom. The summed E-state index contributed by atoms with van der Waals surface area (Å²) >= 11 is 0. The molecule has 0 saturated heterocycles. The van der Waals surface area contributed by atoms with E-state index >= 15 is 0 Å². The second kappa shape index (κ2) is 5.35. The minimum atomic E-state index is -1.27. The van der Waals surface area contributed by atoms with E-state index in [1.54, 1.807) is 17.9 Å². The quantitative estimate of drug-likeness (QED) is 0.773. The lowest BCUT2D eigenvalue weighted by molar-refractivity contribution is -0.151. The Bertz CT molecular complexity index is 409. The van der Waals surface area contributed by atoms with E-state index in [1.165, 1.54) is 12.2 Å². The molecule has 2 N–H and O–H groups in total. The van der Waals surface area contributed by atoms with Gasteiger partial charge in [-0.25, -0.2) is 9.59 Å². The van der Waals surface area contributed by atoms with Gasteiger partial charge in [0.1, 0.15) is 5.54 Å². The first-order valence-corrected chi connectivity index (χ1v) is 6.02. The molecular formula is C13H19NO4. The molecule has 0 saturated carbocycles. The van der Waals surface area contributed by atoms with Crippen molar-refractivity contribution in [1.29, 1.82) is 0 Å². The zero-order valence-corrected chi connectivity index (χ0v) is 10.9. The van der Waals surface area contributed by atoms with E-state index in [0.717, 1.165) is 0 Å². The first kappa shape index (κ1) is 14.4. The van der Waals surface area contributed by atoms with Crippen LogP contribution in [0.3, 0.4) is 0 Å². The molecule has 18 heavy (non-hydrogen) atoms. The number of allylic oxidation sites excluding steroid dienone is 2. The van der Waals surface area contributed by atoms with Gasteiger partial charge in [0.15, 0.2) is 0 Å². The topological polar surface area (TPSA) is 77.8 Å². The van der Waals surface area contributed by atoms with Crippen LogP contribution in [0.5, 0.6) is 0 Å². The van der Waals surface area contributed by atoms with Crippen LogP contribution in [0.15, 0.2) is 23.8 Å². The van der Waals surface area contributed by atoms with Crippen LogP contribution >= 0.6 is 0 Å². The Morgan fingerprint density at radius 1 is 1.33 bits per heavy atom. The predicted molar refractivity (Wildman–Crippen MR) is 67.3 cm³/mol. The molecule has 100 valence electrons. The van der Waals surface area contributed by atoms with Crippen molar-refractivity contribution in [2.24, 2.45) is 5.92 Å². The molecule has 0 radical (unpaired) electrons. The third-order valence-corrected chi connectivity index (χ3v) is 3.63. The highest BCUT2D eigenvalue weighted by molar-refractivity contribution is 5.92. The van der Waals surface area contributed by atoms with Gasteiger partial charge in [-0.1, -0.05) is 39.0 Å². The minimum absolute atomic E-state index is 0.131. The van der Waals surface area contributed by atoms with E-state index in [2.05, 4.69) is 0 Å². The van der Waals surface area contributed by atoms with Gasteiger partial charge in [-0.3, -0.25) is 4.90 Å².